The van der Waals surface area contributed by atoms with Crippen LogP contribution in [-0.4, -0.2) is 53.3 Å². The highest BCUT2D eigenvalue weighted by molar-refractivity contribution is 6.06. The lowest BCUT2D eigenvalue weighted by molar-refractivity contribution is -0.139. The second kappa shape index (κ2) is 5.99. The summed E-state index contributed by atoms with van der Waals surface area (Å²) in [6.45, 7) is 0. The fraction of sp³-hybridized carbons (Fsp3) is 0.737. The van der Waals surface area contributed by atoms with Gasteiger partial charge in [0.2, 0.25) is 23.6 Å². The summed E-state index contributed by atoms with van der Waals surface area (Å²) in [5.74, 6) is -2.17. The summed E-state index contributed by atoms with van der Waals surface area (Å²) in [7, 11) is 3.03. The van der Waals surface area contributed by atoms with Gasteiger partial charge >= 0.3 is 0 Å². The summed E-state index contributed by atoms with van der Waals surface area (Å²) < 4.78 is 0. The van der Waals surface area contributed by atoms with E-state index in [4.69, 9.17) is 0 Å². The Morgan fingerprint density at radius 1 is 0.654 bits per heavy atom. The Bertz CT molecular complexity index is 659. The molecule has 2 heterocycles. The van der Waals surface area contributed by atoms with Gasteiger partial charge in [-0.15, -0.1) is 0 Å². The van der Waals surface area contributed by atoms with Crippen molar-refractivity contribution in [2.24, 2.45) is 35.5 Å². The molecule has 2 saturated heterocycles. The van der Waals surface area contributed by atoms with Crippen molar-refractivity contribution in [1.82, 2.24) is 9.80 Å². The first kappa shape index (κ1) is 17.4. The molecule has 6 unspecified atom stereocenters. The molecule has 2 aliphatic carbocycles. The standard InChI is InChI=1S/C19H24N2O5/c1-20-16(23)11-5-3-9(7-13(11)18(20)25)15(22)10-4-6-12-14(8-10)19(26)21(2)17(12)24/h9-14H,3-8H2,1-2H3. The maximum atomic E-state index is 13.1. The van der Waals surface area contributed by atoms with Crippen LogP contribution in [0.2, 0.25) is 0 Å². The Labute approximate surface area is 152 Å². The molecule has 4 amide bonds. The monoisotopic (exact) mass is 360 g/mol. The average Bonchev–Trinajstić information content (AvgIpc) is 3.01. The van der Waals surface area contributed by atoms with Gasteiger partial charge in [0.1, 0.15) is 5.78 Å². The smallest absolute Gasteiger partial charge is 0.232 e. The van der Waals surface area contributed by atoms with Crippen molar-refractivity contribution >= 4 is 29.4 Å². The first-order valence-electron chi connectivity index (χ1n) is 9.47. The van der Waals surface area contributed by atoms with E-state index in [-0.39, 0.29) is 64.9 Å². The molecule has 0 aromatic heterocycles. The second-order valence-corrected chi connectivity index (χ2v) is 8.32. The third-order valence-corrected chi connectivity index (χ3v) is 7.10. The number of carbonyl (C=O) groups is 5. The van der Waals surface area contributed by atoms with Crippen LogP contribution in [0.4, 0.5) is 0 Å². The number of rotatable bonds is 2. The minimum absolute atomic E-state index is 0.117. The Kier molecular flexibility index (Phi) is 4.00. The Morgan fingerprint density at radius 2 is 1.00 bits per heavy atom. The summed E-state index contributed by atoms with van der Waals surface area (Å²) in [6, 6.07) is 0. The molecular formula is C19H24N2O5. The molecular weight excluding hydrogens is 336 g/mol. The van der Waals surface area contributed by atoms with Crippen LogP contribution in [0.25, 0.3) is 0 Å². The van der Waals surface area contributed by atoms with Crippen molar-refractivity contribution in [2.45, 2.75) is 38.5 Å². The number of amides is 4. The molecule has 4 rings (SSSR count). The number of nitrogens with zero attached hydrogens (tertiary/aromatic N) is 2. The van der Waals surface area contributed by atoms with E-state index in [1.807, 2.05) is 0 Å². The van der Waals surface area contributed by atoms with Crippen molar-refractivity contribution in [3.63, 3.8) is 0 Å². The van der Waals surface area contributed by atoms with Gasteiger partial charge in [-0.2, -0.15) is 0 Å². The lowest BCUT2D eigenvalue weighted by Gasteiger charge is -2.33. The molecule has 7 heteroatoms. The molecule has 0 N–H and O–H groups in total. The van der Waals surface area contributed by atoms with Gasteiger partial charge in [0.25, 0.3) is 0 Å². The van der Waals surface area contributed by atoms with Crippen LogP contribution < -0.4 is 0 Å². The number of fused-ring (bicyclic) bond motifs is 2. The SMILES string of the molecule is CN1C(=O)C2CCC(C(=O)C3CCC4C(=O)N(C)C(=O)C4C3)CC2C1=O. The third kappa shape index (κ3) is 2.36. The van der Waals surface area contributed by atoms with E-state index in [0.29, 0.717) is 38.5 Å². The molecule has 0 aromatic carbocycles. The zero-order chi connectivity index (χ0) is 18.7. The topological polar surface area (TPSA) is 91.8 Å². The molecule has 26 heavy (non-hydrogen) atoms. The molecule has 2 saturated carbocycles. The van der Waals surface area contributed by atoms with E-state index in [9.17, 15) is 24.0 Å². The summed E-state index contributed by atoms with van der Waals surface area (Å²) in [6.07, 6.45) is 3.30. The Hall–Kier alpha value is -2.05. The predicted molar refractivity (Wildman–Crippen MR) is 89.2 cm³/mol. The molecule has 2 aliphatic heterocycles. The molecule has 4 fully saturated rings. The van der Waals surface area contributed by atoms with Crippen molar-refractivity contribution in [3.05, 3.63) is 0 Å². The summed E-state index contributed by atoms with van der Waals surface area (Å²) in [5, 5.41) is 0. The van der Waals surface area contributed by atoms with Gasteiger partial charge in [-0.1, -0.05) is 0 Å². The number of hydrogen-bond donors (Lipinski definition) is 0. The van der Waals surface area contributed by atoms with Crippen LogP contribution in [0.3, 0.4) is 0 Å². The highest BCUT2D eigenvalue weighted by Gasteiger charge is 2.53. The Balaban J connectivity index is 1.45. The largest absolute Gasteiger partial charge is 0.299 e. The molecule has 0 radical (unpaired) electrons. The molecule has 140 valence electrons. The van der Waals surface area contributed by atoms with E-state index in [1.165, 1.54) is 23.9 Å². The van der Waals surface area contributed by atoms with Gasteiger partial charge in [-0.25, -0.2) is 0 Å². The van der Waals surface area contributed by atoms with Crippen LogP contribution in [-0.2, 0) is 24.0 Å². The molecule has 0 bridgehead atoms. The maximum absolute atomic E-state index is 13.1. The molecule has 6 atom stereocenters. The first-order chi connectivity index (χ1) is 12.3. The lowest BCUT2D eigenvalue weighted by atomic mass is 9.67. The van der Waals surface area contributed by atoms with Gasteiger partial charge in [0.05, 0.1) is 23.7 Å². The normalized spacial score (nSPS) is 40.1. The zero-order valence-corrected chi connectivity index (χ0v) is 15.1. The molecule has 0 spiro atoms. The number of likely N-dealkylation sites (tertiary alicyclic amines) is 2. The van der Waals surface area contributed by atoms with Crippen LogP contribution >= 0.6 is 0 Å². The maximum Gasteiger partial charge on any atom is 0.232 e. The molecule has 0 aromatic rings. The zero-order valence-electron chi connectivity index (χ0n) is 15.1. The minimum atomic E-state index is -0.368. The minimum Gasteiger partial charge on any atom is -0.299 e. The third-order valence-electron chi connectivity index (χ3n) is 7.10. The lowest BCUT2D eigenvalue weighted by Crippen LogP contribution is -2.37. The van der Waals surface area contributed by atoms with Gasteiger partial charge < -0.3 is 0 Å². The number of carbonyl (C=O) groups excluding carboxylic acids is 5. The fourth-order valence-electron chi connectivity index (χ4n) is 5.54. The van der Waals surface area contributed by atoms with Gasteiger partial charge in [0.15, 0.2) is 0 Å². The van der Waals surface area contributed by atoms with E-state index < -0.39 is 0 Å². The van der Waals surface area contributed by atoms with Crippen LogP contribution in [0.1, 0.15) is 38.5 Å². The first-order valence-corrected chi connectivity index (χ1v) is 9.47. The van der Waals surface area contributed by atoms with E-state index in [2.05, 4.69) is 0 Å². The van der Waals surface area contributed by atoms with Gasteiger partial charge in [-0.3, -0.25) is 33.8 Å². The average molecular weight is 360 g/mol. The summed E-state index contributed by atoms with van der Waals surface area (Å²) in [5.41, 5.74) is 0. The number of ketones is 1. The van der Waals surface area contributed by atoms with Crippen molar-refractivity contribution < 1.29 is 24.0 Å². The van der Waals surface area contributed by atoms with Crippen molar-refractivity contribution in [1.29, 1.82) is 0 Å². The van der Waals surface area contributed by atoms with E-state index >= 15 is 0 Å². The van der Waals surface area contributed by atoms with E-state index in [1.54, 1.807) is 0 Å². The molecule has 4 aliphatic rings. The molecule has 7 nitrogen and oxygen atoms in total. The number of hydrogen-bond acceptors (Lipinski definition) is 5. The van der Waals surface area contributed by atoms with Gasteiger partial charge in [-0.05, 0) is 38.5 Å². The fourth-order valence-corrected chi connectivity index (χ4v) is 5.54. The van der Waals surface area contributed by atoms with Gasteiger partial charge in [0, 0.05) is 25.9 Å². The van der Waals surface area contributed by atoms with Crippen LogP contribution in [0, 0.1) is 35.5 Å². The summed E-state index contributed by atoms with van der Waals surface area (Å²) in [4.78, 5) is 64.2. The summed E-state index contributed by atoms with van der Waals surface area (Å²) >= 11 is 0. The van der Waals surface area contributed by atoms with Crippen molar-refractivity contribution in [3.8, 4) is 0 Å². The highest BCUT2D eigenvalue weighted by atomic mass is 16.2. The number of imide groups is 2. The number of Topliss-reactive ketones (excluding diaryl/α,β-unsaturated/α-hetero) is 1. The Morgan fingerprint density at radius 3 is 1.38 bits per heavy atom. The second-order valence-electron chi connectivity index (χ2n) is 8.32. The highest BCUT2D eigenvalue weighted by Crippen LogP contribution is 2.45. The van der Waals surface area contributed by atoms with E-state index in [0.717, 1.165) is 0 Å². The van der Waals surface area contributed by atoms with Crippen LogP contribution in [0.5, 0.6) is 0 Å². The predicted octanol–water partition coefficient (Wildman–Crippen LogP) is 0.618. The quantitative estimate of drug-likeness (QED) is 0.673. The van der Waals surface area contributed by atoms with Crippen molar-refractivity contribution in [2.75, 3.05) is 14.1 Å². The van der Waals surface area contributed by atoms with Crippen LogP contribution in [0.15, 0.2) is 0 Å².